The molecule has 2 rings (SSSR count). The first-order chi connectivity index (χ1) is 8.64. The van der Waals surface area contributed by atoms with Gasteiger partial charge in [0, 0.05) is 6.54 Å². The van der Waals surface area contributed by atoms with E-state index >= 15 is 0 Å². The van der Waals surface area contributed by atoms with Crippen molar-refractivity contribution < 1.29 is 0 Å². The molecule has 0 bridgehead atoms. The van der Waals surface area contributed by atoms with Crippen molar-refractivity contribution in [3.05, 3.63) is 24.3 Å². The van der Waals surface area contributed by atoms with Gasteiger partial charge >= 0.3 is 0 Å². The van der Waals surface area contributed by atoms with Crippen molar-refractivity contribution >= 4 is 0 Å². The summed E-state index contributed by atoms with van der Waals surface area (Å²) in [5.41, 5.74) is 2.08. The molecule has 0 amide bonds. The maximum absolute atomic E-state index is 4.16. The van der Waals surface area contributed by atoms with E-state index in [0.29, 0.717) is 5.41 Å². The van der Waals surface area contributed by atoms with Crippen LogP contribution in [-0.2, 0) is 6.54 Å². The lowest BCUT2D eigenvalue weighted by molar-refractivity contribution is 0.275. The fourth-order valence-corrected chi connectivity index (χ4v) is 3.24. The molecule has 1 aromatic heterocycles. The molecule has 0 saturated heterocycles. The Labute approximate surface area is 110 Å². The number of aromatic nitrogens is 3. The molecule has 0 aliphatic heterocycles. The predicted molar refractivity (Wildman–Crippen MR) is 74.1 cm³/mol. The standard InChI is InChI=1S/C15H25N3/c1-4-6-13-8-9-14(15(13,2)3)7-5-10-18-12-16-11-17-18/h6,11-12,14H,4-5,7-10H2,1-3H3. The predicted octanol–water partition coefficient (Wildman–Crippen LogP) is 3.83. The minimum Gasteiger partial charge on any atom is -0.253 e. The van der Waals surface area contributed by atoms with Crippen LogP contribution in [0.5, 0.6) is 0 Å². The number of hydrogen-bond acceptors (Lipinski definition) is 2. The smallest absolute Gasteiger partial charge is 0.137 e. The second-order valence-electron chi connectivity index (χ2n) is 5.90. The Hall–Kier alpha value is -1.12. The Morgan fingerprint density at radius 3 is 3.00 bits per heavy atom. The van der Waals surface area contributed by atoms with E-state index in [2.05, 4.69) is 36.9 Å². The summed E-state index contributed by atoms with van der Waals surface area (Å²) in [6, 6.07) is 0. The Morgan fingerprint density at radius 2 is 2.33 bits per heavy atom. The van der Waals surface area contributed by atoms with E-state index in [1.807, 2.05) is 11.0 Å². The third-order valence-corrected chi connectivity index (χ3v) is 4.47. The zero-order valence-corrected chi connectivity index (χ0v) is 11.9. The van der Waals surface area contributed by atoms with E-state index < -0.39 is 0 Å². The number of rotatable bonds is 5. The molecular weight excluding hydrogens is 222 g/mol. The van der Waals surface area contributed by atoms with Gasteiger partial charge in [-0.05, 0) is 43.4 Å². The van der Waals surface area contributed by atoms with Gasteiger partial charge in [-0.3, -0.25) is 4.68 Å². The van der Waals surface area contributed by atoms with E-state index in [9.17, 15) is 0 Å². The summed E-state index contributed by atoms with van der Waals surface area (Å²) < 4.78 is 1.94. The van der Waals surface area contributed by atoms with Gasteiger partial charge in [-0.1, -0.05) is 32.4 Å². The van der Waals surface area contributed by atoms with Crippen LogP contribution in [0.1, 0.15) is 52.9 Å². The van der Waals surface area contributed by atoms with Gasteiger partial charge in [0.05, 0.1) is 0 Å². The number of nitrogens with zero attached hydrogens (tertiary/aromatic N) is 3. The van der Waals surface area contributed by atoms with Gasteiger partial charge in [0.25, 0.3) is 0 Å². The Morgan fingerprint density at radius 1 is 1.50 bits per heavy atom. The molecular formula is C15H25N3. The van der Waals surface area contributed by atoms with Crippen LogP contribution in [0.3, 0.4) is 0 Å². The van der Waals surface area contributed by atoms with E-state index in [1.165, 1.54) is 32.1 Å². The van der Waals surface area contributed by atoms with Crippen LogP contribution in [0.25, 0.3) is 0 Å². The van der Waals surface area contributed by atoms with Crippen molar-refractivity contribution in [2.24, 2.45) is 11.3 Å². The van der Waals surface area contributed by atoms with Gasteiger partial charge in [-0.25, -0.2) is 4.98 Å². The van der Waals surface area contributed by atoms with Crippen LogP contribution < -0.4 is 0 Å². The molecule has 0 radical (unpaired) electrons. The summed E-state index contributed by atoms with van der Waals surface area (Å²) >= 11 is 0. The Bertz CT molecular complexity index is 390. The van der Waals surface area contributed by atoms with Crippen molar-refractivity contribution in [2.75, 3.05) is 0 Å². The molecule has 18 heavy (non-hydrogen) atoms. The minimum absolute atomic E-state index is 0.401. The second kappa shape index (κ2) is 5.68. The van der Waals surface area contributed by atoms with Crippen molar-refractivity contribution in [3.8, 4) is 0 Å². The molecule has 1 saturated carbocycles. The lowest BCUT2D eigenvalue weighted by atomic mass is 9.76. The second-order valence-corrected chi connectivity index (χ2v) is 5.90. The normalized spacial score (nSPS) is 24.8. The molecule has 3 heteroatoms. The molecule has 1 unspecified atom stereocenters. The summed E-state index contributed by atoms with van der Waals surface area (Å²) in [7, 11) is 0. The zero-order chi connectivity index (χ0) is 13.0. The Kier molecular flexibility index (Phi) is 4.20. The van der Waals surface area contributed by atoms with Gasteiger partial charge < -0.3 is 0 Å². The van der Waals surface area contributed by atoms with Gasteiger partial charge in [0.2, 0.25) is 0 Å². The first kappa shape index (κ1) is 13.3. The average Bonchev–Trinajstić information content (AvgIpc) is 2.92. The van der Waals surface area contributed by atoms with Crippen molar-refractivity contribution in [1.82, 2.24) is 14.8 Å². The van der Waals surface area contributed by atoms with E-state index in [-0.39, 0.29) is 0 Å². The third-order valence-electron chi connectivity index (χ3n) is 4.47. The summed E-state index contributed by atoms with van der Waals surface area (Å²) in [6.07, 6.45) is 12.2. The highest BCUT2D eigenvalue weighted by atomic mass is 15.3. The molecule has 1 atom stereocenters. The monoisotopic (exact) mass is 247 g/mol. The third kappa shape index (κ3) is 2.82. The largest absolute Gasteiger partial charge is 0.253 e. The van der Waals surface area contributed by atoms with Crippen LogP contribution in [0, 0.1) is 11.3 Å². The van der Waals surface area contributed by atoms with E-state index in [0.717, 1.165) is 12.5 Å². The highest BCUT2D eigenvalue weighted by molar-refractivity contribution is 5.18. The molecule has 0 spiro atoms. The zero-order valence-electron chi connectivity index (χ0n) is 11.9. The van der Waals surface area contributed by atoms with Gasteiger partial charge in [-0.2, -0.15) is 5.10 Å². The lowest BCUT2D eigenvalue weighted by Gasteiger charge is -2.29. The quantitative estimate of drug-likeness (QED) is 0.740. The van der Waals surface area contributed by atoms with Crippen LogP contribution in [0.2, 0.25) is 0 Å². The lowest BCUT2D eigenvalue weighted by Crippen LogP contribution is -2.19. The highest BCUT2D eigenvalue weighted by Crippen LogP contribution is 2.49. The summed E-state index contributed by atoms with van der Waals surface area (Å²) in [5, 5.41) is 4.16. The SMILES string of the molecule is CCC=C1CCC(CCCn2cncn2)C1(C)C. The first-order valence-electron chi connectivity index (χ1n) is 7.16. The average molecular weight is 247 g/mol. The molecule has 1 aromatic rings. The highest BCUT2D eigenvalue weighted by Gasteiger charge is 2.37. The maximum Gasteiger partial charge on any atom is 0.137 e. The number of allylic oxidation sites excluding steroid dienone is 2. The number of hydrogen-bond donors (Lipinski definition) is 0. The summed E-state index contributed by atoms with van der Waals surface area (Å²) in [5.74, 6) is 0.832. The summed E-state index contributed by atoms with van der Waals surface area (Å²) in [6.45, 7) is 8.07. The van der Waals surface area contributed by atoms with Crippen molar-refractivity contribution in [2.45, 2.75) is 59.4 Å². The molecule has 1 aliphatic carbocycles. The van der Waals surface area contributed by atoms with Crippen LogP contribution >= 0.6 is 0 Å². The molecule has 100 valence electrons. The van der Waals surface area contributed by atoms with Crippen molar-refractivity contribution in [1.29, 1.82) is 0 Å². The molecule has 3 nitrogen and oxygen atoms in total. The maximum atomic E-state index is 4.16. The molecule has 1 heterocycles. The molecule has 1 aliphatic rings. The summed E-state index contributed by atoms with van der Waals surface area (Å²) in [4.78, 5) is 3.98. The van der Waals surface area contributed by atoms with E-state index in [1.54, 1.807) is 11.9 Å². The van der Waals surface area contributed by atoms with Crippen LogP contribution in [0.15, 0.2) is 24.3 Å². The van der Waals surface area contributed by atoms with Gasteiger partial charge in [0.15, 0.2) is 0 Å². The Balaban J connectivity index is 1.85. The van der Waals surface area contributed by atoms with Gasteiger partial charge in [0.1, 0.15) is 12.7 Å². The topological polar surface area (TPSA) is 30.7 Å². The first-order valence-corrected chi connectivity index (χ1v) is 7.16. The van der Waals surface area contributed by atoms with Crippen LogP contribution in [0.4, 0.5) is 0 Å². The van der Waals surface area contributed by atoms with Crippen molar-refractivity contribution in [3.63, 3.8) is 0 Å². The van der Waals surface area contributed by atoms with Gasteiger partial charge in [-0.15, -0.1) is 0 Å². The van der Waals surface area contributed by atoms with Crippen LogP contribution in [-0.4, -0.2) is 14.8 Å². The molecule has 0 aromatic carbocycles. The minimum atomic E-state index is 0.401. The molecule has 1 fully saturated rings. The van der Waals surface area contributed by atoms with E-state index in [4.69, 9.17) is 0 Å². The fraction of sp³-hybridized carbons (Fsp3) is 0.733. The molecule has 0 N–H and O–H groups in total. The number of aryl methyl sites for hydroxylation is 1. The fourth-order valence-electron chi connectivity index (χ4n) is 3.24.